The Kier molecular flexibility index (Phi) is 5.58. The molecule has 0 aromatic carbocycles. The monoisotopic (exact) mass is 336 g/mol. The third-order valence-corrected chi connectivity index (χ3v) is 4.50. The molecule has 1 aliphatic heterocycles. The van der Waals surface area contributed by atoms with Crippen LogP contribution in [0.15, 0.2) is 12.4 Å². The lowest BCUT2D eigenvalue weighted by molar-refractivity contribution is -0.146. The summed E-state index contributed by atoms with van der Waals surface area (Å²) in [5, 5.41) is 12.9. The average molecular weight is 336 g/mol. The minimum Gasteiger partial charge on any atom is -0.481 e. The Labute approximate surface area is 141 Å². The number of piperidine rings is 1. The summed E-state index contributed by atoms with van der Waals surface area (Å²) in [4.78, 5) is 38.7. The molecule has 1 aromatic rings. The predicted molar refractivity (Wildman–Crippen MR) is 85.9 cm³/mol. The molecule has 132 valence electrons. The molecule has 0 saturated carbocycles. The summed E-state index contributed by atoms with van der Waals surface area (Å²) in [6.45, 7) is 0.388. The lowest BCUT2D eigenvalue weighted by atomic mass is 9.84. The van der Waals surface area contributed by atoms with Crippen LogP contribution >= 0.6 is 0 Å². The van der Waals surface area contributed by atoms with Crippen LogP contribution in [0.4, 0.5) is 0 Å². The number of aryl methyl sites for hydroxylation is 1. The summed E-state index contributed by atoms with van der Waals surface area (Å²) in [6, 6.07) is -0.339. The fourth-order valence-corrected chi connectivity index (χ4v) is 3.21. The van der Waals surface area contributed by atoms with Gasteiger partial charge in [-0.05, 0) is 12.8 Å². The number of carbonyl (C=O) groups excluding carboxylic acids is 2. The minimum atomic E-state index is -0.868. The third kappa shape index (κ3) is 3.93. The number of hydrogen-bond acceptors (Lipinski definition) is 4. The Morgan fingerprint density at radius 2 is 2.12 bits per heavy atom. The van der Waals surface area contributed by atoms with Crippen molar-refractivity contribution in [3.05, 3.63) is 18.0 Å². The fraction of sp³-hybridized carbons (Fsp3) is 0.625. The van der Waals surface area contributed by atoms with Crippen molar-refractivity contribution in [1.29, 1.82) is 0 Å². The van der Waals surface area contributed by atoms with E-state index < -0.39 is 5.97 Å². The van der Waals surface area contributed by atoms with Crippen molar-refractivity contribution in [3.8, 4) is 0 Å². The quantitative estimate of drug-likeness (QED) is 0.823. The van der Waals surface area contributed by atoms with E-state index in [0.717, 1.165) is 5.56 Å². The molecule has 2 atom stereocenters. The molecule has 2 heterocycles. The van der Waals surface area contributed by atoms with E-state index >= 15 is 0 Å². The van der Waals surface area contributed by atoms with Gasteiger partial charge in [0.2, 0.25) is 11.8 Å². The van der Waals surface area contributed by atoms with Gasteiger partial charge in [-0.1, -0.05) is 0 Å². The Morgan fingerprint density at radius 1 is 1.42 bits per heavy atom. The highest BCUT2D eigenvalue weighted by molar-refractivity contribution is 5.84. The predicted octanol–water partition coefficient (Wildman–Crippen LogP) is 0.653. The molecule has 2 rings (SSSR count). The van der Waals surface area contributed by atoms with Gasteiger partial charge in [-0.3, -0.25) is 19.1 Å². The maximum absolute atomic E-state index is 12.8. The van der Waals surface area contributed by atoms with Crippen LogP contribution in [0, 0.1) is 5.92 Å². The third-order valence-electron chi connectivity index (χ3n) is 4.50. The largest absolute Gasteiger partial charge is 0.481 e. The van der Waals surface area contributed by atoms with Crippen molar-refractivity contribution in [3.63, 3.8) is 0 Å². The highest BCUT2D eigenvalue weighted by Crippen LogP contribution is 2.36. The van der Waals surface area contributed by atoms with E-state index in [4.69, 9.17) is 5.11 Å². The summed E-state index contributed by atoms with van der Waals surface area (Å²) in [7, 11) is 5.19. The molecular formula is C16H24N4O4. The molecule has 24 heavy (non-hydrogen) atoms. The van der Waals surface area contributed by atoms with Gasteiger partial charge < -0.3 is 14.9 Å². The Morgan fingerprint density at radius 3 is 2.71 bits per heavy atom. The van der Waals surface area contributed by atoms with Gasteiger partial charge in [0.25, 0.3) is 0 Å². The molecule has 0 bridgehead atoms. The lowest BCUT2D eigenvalue weighted by Gasteiger charge is -2.39. The molecular weight excluding hydrogens is 312 g/mol. The molecule has 1 aliphatic rings. The van der Waals surface area contributed by atoms with Gasteiger partial charge in [-0.25, -0.2) is 0 Å². The van der Waals surface area contributed by atoms with Crippen molar-refractivity contribution in [1.82, 2.24) is 19.6 Å². The van der Waals surface area contributed by atoms with E-state index in [1.165, 1.54) is 0 Å². The first-order valence-electron chi connectivity index (χ1n) is 8.02. The van der Waals surface area contributed by atoms with E-state index in [1.54, 1.807) is 41.8 Å². The second kappa shape index (κ2) is 7.46. The molecule has 0 spiro atoms. The molecule has 1 fully saturated rings. The molecule has 2 amide bonds. The van der Waals surface area contributed by atoms with Crippen LogP contribution < -0.4 is 0 Å². The second-order valence-electron chi connectivity index (χ2n) is 6.30. The summed E-state index contributed by atoms with van der Waals surface area (Å²) >= 11 is 0. The molecule has 2 unspecified atom stereocenters. The second-order valence-corrected chi connectivity index (χ2v) is 6.30. The summed E-state index contributed by atoms with van der Waals surface area (Å²) in [5.74, 6) is -1.26. The Balaban J connectivity index is 2.14. The van der Waals surface area contributed by atoms with Crippen molar-refractivity contribution in [2.24, 2.45) is 13.0 Å². The van der Waals surface area contributed by atoms with E-state index in [1.807, 2.05) is 6.20 Å². The molecule has 0 aliphatic carbocycles. The smallest absolute Gasteiger partial charge is 0.303 e. The number of nitrogens with zero attached hydrogens (tertiary/aromatic N) is 4. The van der Waals surface area contributed by atoms with Gasteiger partial charge in [0.05, 0.1) is 18.2 Å². The molecule has 8 nitrogen and oxygen atoms in total. The molecule has 1 saturated heterocycles. The van der Waals surface area contributed by atoms with E-state index in [-0.39, 0.29) is 30.2 Å². The van der Waals surface area contributed by atoms with E-state index in [2.05, 4.69) is 5.10 Å². The zero-order chi connectivity index (χ0) is 17.9. The van der Waals surface area contributed by atoms with Crippen LogP contribution in [0.5, 0.6) is 0 Å². The van der Waals surface area contributed by atoms with Crippen molar-refractivity contribution < 1.29 is 19.5 Å². The average Bonchev–Trinajstić information content (AvgIpc) is 2.94. The highest BCUT2D eigenvalue weighted by atomic mass is 16.4. The fourth-order valence-electron chi connectivity index (χ4n) is 3.21. The first-order chi connectivity index (χ1) is 11.3. The zero-order valence-corrected chi connectivity index (χ0v) is 14.3. The number of aliphatic carboxylic acids is 1. The first kappa shape index (κ1) is 18.0. The number of hydrogen-bond donors (Lipinski definition) is 1. The van der Waals surface area contributed by atoms with Gasteiger partial charge >= 0.3 is 5.97 Å². The van der Waals surface area contributed by atoms with Crippen LogP contribution in [0.3, 0.4) is 0 Å². The van der Waals surface area contributed by atoms with Gasteiger partial charge in [-0.15, -0.1) is 0 Å². The molecule has 0 radical (unpaired) electrons. The van der Waals surface area contributed by atoms with Crippen LogP contribution in [0.2, 0.25) is 0 Å². The SMILES string of the molecule is CN(CCCC(=O)O)C(=O)C1CCC(=O)N(C)C1c1cnn(C)c1. The van der Waals surface area contributed by atoms with Gasteiger partial charge in [0.15, 0.2) is 0 Å². The van der Waals surface area contributed by atoms with E-state index in [0.29, 0.717) is 25.8 Å². The van der Waals surface area contributed by atoms with Crippen molar-refractivity contribution in [2.75, 3.05) is 20.6 Å². The maximum atomic E-state index is 12.8. The van der Waals surface area contributed by atoms with Gasteiger partial charge in [0.1, 0.15) is 0 Å². The number of carboxylic acids is 1. The van der Waals surface area contributed by atoms with E-state index in [9.17, 15) is 14.4 Å². The number of carbonyl (C=O) groups is 3. The molecule has 1 N–H and O–H groups in total. The standard InChI is InChI=1S/C16H24N4O4/c1-18(8-4-5-14(22)23)16(24)12-6-7-13(21)20(3)15(12)11-9-17-19(2)10-11/h9-10,12,15H,4-8H2,1-3H3,(H,22,23). The Bertz CT molecular complexity index is 627. The van der Waals surface area contributed by atoms with Crippen LogP contribution in [-0.4, -0.2) is 63.1 Å². The van der Waals surface area contributed by atoms with Crippen molar-refractivity contribution >= 4 is 17.8 Å². The number of carboxylic acid groups (broad SMARTS) is 1. The normalized spacial score (nSPS) is 21.0. The zero-order valence-electron chi connectivity index (χ0n) is 14.3. The van der Waals surface area contributed by atoms with Crippen molar-refractivity contribution in [2.45, 2.75) is 31.7 Å². The topological polar surface area (TPSA) is 95.7 Å². The highest BCUT2D eigenvalue weighted by Gasteiger charge is 2.40. The van der Waals surface area contributed by atoms with Crippen LogP contribution in [0.25, 0.3) is 0 Å². The number of rotatable bonds is 6. The first-order valence-corrected chi connectivity index (χ1v) is 8.02. The number of amides is 2. The summed E-state index contributed by atoms with van der Waals surface area (Å²) in [5.41, 5.74) is 0.838. The van der Waals surface area contributed by atoms with Gasteiger partial charge in [-0.2, -0.15) is 5.10 Å². The molecule has 1 aromatic heterocycles. The number of aromatic nitrogens is 2. The minimum absolute atomic E-state index is 0.0152. The lowest BCUT2D eigenvalue weighted by Crippen LogP contribution is -2.46. The van der Waals surface area contributed by atoms with Gasteiger partial charge in [0, 0.05) is 52.3 Å². The van der Waals surface area contributed by atoms with Crippen LogP contribution in [0.1, 0.15) is 37.3 Å². The Hall–Kier alpha value is -2.38. The number of likely N-dealkylation sites (tertiary alicyclic amines) is 1. The maximum Gasteiger partial charge on any atom is 0.303 e. The summed E-state index contributed by atoms with van der Waals surface area (Å²) < 4.78 is 1.65. The summed E-state index contributed by atoms with van der Waals surface area (Å²) in [6.07, 6.45) is 4.79. The molecule has 8 heteroatoms. The van der Waals surface area contributed by atoms with Crippen LogP contribution in [-0.2, 0) is 21.4 Å².